The molecule has 0 bridgehead atoms. The highest BCUT2D eigenvalue weighted by atomic mass is 16.1. The van der Waals surface area contributed by atoms with Crippen molar-refractivity contribution in [1.82, 2.24) is 25.2 Å². The second-order valence-electron chi connectivity index (χ2n) is 6.10. The minimum atomic E-state index is -0.0228. The zero-order valence-corrected chi connectivity index (χ0v) is 13.7. The van der Waals surface area contributed by atoms with Gasteiger partial charge >= 0.3 is 0 Å². The summed E-state index contributed by atoms with van der Waals surface area (Å²) < 4.78 is 0. The largest absolute Gasteiger partial charge is 0.352 e. The Bertz CT molecular complexity index is 664. The average Bonchev–Trinajstić information content (AvgIpc) is 3.16. The Morgan fingerprint density at radius 1 is 1.43 bits per heavy atom. The summed E-state index contributed by atoms with van der Waals surface area (Å²) in [5.41, 5.74) is 4.37. The zero-order chi connectivity index (χ0) is 16.2. The van der Waals surface area contributed by atoms with Gasteiger partial charge in [-0.15, -0.1) is 0 Å². The van der Waals surface area contributed by atoms with E-state index < -0.39 is 0 Å². The molecule has 2 N–H and O–H groups in total. The van der Waals surface area contributed by atoms with Gasteiger partial charge in [-0.25, -0.2) is 4.98 Å². The topological polar surface area (TPSA) is 73.9 Å². The number of nitrogens with zero attached hydrogens (tertiary/aromatic N) is 3. The van der Waals surface area contributed by atoms with Crippen molar-refractivity contribution < 1.29 is 4.79 Å². The van der Waals surface area contributed by atoms with E-state index in [0.717, 1.165) is 42.2 Å². The van der Waals surface area contributed by atoms with E-state index in [1.807, 2.05) is 6.20 Å². The summed E-state index contributed by atoms with van der Waals surface area (Å²) in [6.07, 6.45) is 5.93. The highest BCUT2D eigenvalue weighted by molar-refractivity contribution is 5.72. The third kappa shape index (κ3) is 3.76. The number of aromatic nitrogens is 3. The molecule has 3 rings (SSSR count). The highest BCUT2D eigenvalue weighted by Gasteiger charge is 2.27. The van der Waals surface area contributed by atoms with Crippen molar-refractivity contribution >= 4 is 5.91 Å². The van der Waals surface area contributed by atoms with Gasteiger partial charge in [-0.2, -0.15) is 0 Å². The third-order valence-corrected chi connectivity index (χ3v) is 4.38. The maximum absolute atomic E-state index is 11.0. The normalized spacial score (nSPS) is 18.3. The van der Waals surface area contributed by atoms with Crippen LogP contribution in [-0.4, -0.2) is 32.3 Å². The smallest absolute Gasteiger partial charge is 0.217 e. The minimum absolute atomic E-state index is 0.0228. The molecular formula is C17H23N5O. The van der Waals surface area contributed by atoms with Crippen LogP contribution >= 0.6 is 0 Å². The SMILES string of the molecule is CC(=O)NCc1ccc([C@@H]2CCCN2Cc2nc[nH]c2C)nc1. The molecule has 0 radical (unpaired) electrons. The Hall–Kier alpha value is -2.21. The number of rotatable bonds is 5. The molecule has 1 atom stereocenters. The predicted octanol–water partition coefficient (Wildman–Crippen LogP) is 2.09. The molecule has 0 unspecified atom stereocenters. The number of likely N-dealkylation sites (tertiary alicyclic amines) is 1. The van der Waals surface area contributed by atoms with Crippen LogP contribution in [-0.2, 0) is 17.9 Å². The second kappa shape index (κ2) is 6.91. The van der Waals surface area contributed by atoms with Crippen molar-refractivity contribution in [3.63, 3.8) is 0 Å². The number of H-pyrrole nitrogens is 1. The van der Waals surface area contributed by atoms with Gasteiger partial charge < -0.3 is 10.3 Å². The Labute approximate surface area is 136 Å². The Morgan fingerprint density at radius 3 is 2.96 bits per heavy atom. The molecule has 3 heterocycles. The minimum Gasteiger partial charge on any atom is -0.352 e. The Morgan fingerprint density at radius 2 is 2.30 bits per heavy atom. The van der Waals surface area contributed by atoms with Crippen LogP contribution in [0.3, 0.4) is 0 Å². The number of amides is 1. The molecule has 1 amide bonds. The summed E-state index contributed by atoms with van der Waals surface area (Å²) in [5, 5.41) is 2.79. The molecule has 1 aliphatic rings. The van der Waals surface area contributed by atoms with Crippen LogP contribution in [0.5, 0.6) is 0 Å². The third-order valence-electron chi connectivity index (χ3n) is 4.38. The monoisotopic (exact) mass is 313 g/mol. The number of hydrogen-bond donors (Lipinski definition) is 2. The molecule has 1 fully saturated rings. The fourth-order valence-electron chi connectivity index (χ4n) is 3.05. The van der Waals surface area contributed by atoms with Gasteiger partial charge in [0.25, 0.3) is 0 Å². The van der Waals surface area contributed by atoms with Gasteiger partial charge in [0.1, 0.15) is 0 Å². The summed E-state index contributed by atoms with van der Waals surface area (Å²) in [6, 6.07) is 4.48. The molecule has 0 aromatic carbocycles. The van der Waals surface area contributed by atoms with Gasteiger partial charge in [-0.3, -0.25) is 14.7 Å². The van der Waals surface area contributed by atoms with Crippen LogP contribution in [0.4, 0.5) is 0 Å². The highest BCUT2D eigenvalue weighted by Crippen LogP contribution is 2.32. The average molecular weight is 313 g/mol. The molecular weight excluding hydrogens is 290 g/mol. The number of aryl methyl sites for hydroxylation is 1. The maximum atomic E-state index is 11.0. The lowest BCUT2D eigenvalue weighted by Crippen LogP contribution is -2.24. The van der Waals surface area contributed by atoms with Gasteiger partial charge in [-0.1, -0.05) is 6.07 Å². The van der Waals surface area contributed by atoms with E-state index in [4.69, 9.17) is 0 Å². The molecule has 122 valence electrons. The first-order valence-electron chi connectivity index (χ1n) is 8.05. The summed E-state index contributed by atoms with van der Waals surface area (Å²) in [4.78, 5) is 25.6. The van der Waals surface area contributed by atoms with E-state index in [0.29, 0.717) is 12.6 Å². The summed E-state index contributed by atoms with van der Waals surface area (Å²) in [5.74, 6) is -0.0228. The lowest BCUT2D eigenvalue weighted by Gasteiger charge is -2.23. The molecule has 2 aromatic rings. The molecule has 0 spiro atoms. The van der Waals surface area contributed by atoms with Crippen molar-refractivity contribution in [2.75, 3.05) is 6.54 Å². The first-order chi connectivity index (χ1) is 11.1. The molecule has 6 heteroatoms. The standard InChI is InChI=1S/C17H23N5O/c1-12-16(21-11-20-12)10-22-7-3-4-17(22)15-6-5-14(9-19-15)8-18-13(2)23/h5-6,9,11,17H,3-4,7-8,10H2,1-2H3,(H,18,23)(H,20,21)/t17-/m0/s1. The van der Waals surface area contributed by atoms with Crippen molar-refractivity contribution in [3.8, 4) is 0 Å². The van der Waals surface area contributed by atoms with Crippen molar-refractivity contribution in [3.05, 3.63) is 47.3 Å². The number of carbonyl (C=O) groups excluding carboxylic acids is 1. The molecule has 23 heavy (non-hydrogen) atoms. The fourth-order valence-corrected chi connectivity index (χ4v) is 3.05. The van der Waals surface area contributed by atoms with Crippen LogP contribution in [0.25, 0.3) is 0 Å². The van der Waals surface area contributed by atoms with Crippen LogP contribution in [0, 0.1) is 6.92 Å². The van der Waals surface area contributed by atoms with Crippen LogP contribution in [0.15, 0.2) is 24.7 Å². The van der Waals surface area contributed by atoms with E-state index in [-0.39, 0.29) is 5.91 Å². The number of carbonyl (C=O) groups is 1. The van der Waals surface area contributed by atoms with Gasteiger partial charge in [0.2, 0.25) is 5.91 Å². The van der Waals surface area contributed by atoms with E-state index >= 15 is 0 Å². The van der Waals surface area contributed by atoms with Crippen LogP contribution < -0.4 is 5.32 Å². The zero-order valence-electron chi connectivity index (χ0n) is 13.7. The lowest BCUT2D eigenvalue weighted by atomic mass is 10.1. The van der Waals surface area contributed by atoms with Crippen molar-refractivity contribution in [2.45, 2.75) is 45.8 Å². The molecule has 0 aliphatic carbocycles. The summed E-state index contributed by atoms with van der Waals surface area (Å²) >= 11 is 0. The first kappa shape index (κ1) is 15.7. The summed E-state index contributed by atoms with van der Waals surface area (Å²) in [6.45, 7) is 6.04. The molecule has 0 saturated carbocycles. The van der Waals surface area contributed by atoms with Crippen LogP contribution in [0.1, 0.15) is 48.5 Å². The van der Waals surface area contributed by atoms with Crippen molar-refractivity contribution in [1.29, 1.82) is 0 Å². The first-order valence-corrected chi connectivity index (χ1v) is 8.05. The number of imidazole rings is 1. The van der Waals surface area contributed by atoms with Gasteiger partial charge in [-0.05, 0) is 37.9 Å². The number of pyridine rings is 1. The van der Waals surface area contributed by atoms with E-state index in [2.05, 4.69) is 44.2 Å². The van der Waals surface area contributed by atoms with Crippen LogP contribution in [0.2, 0.25) is 0 Å². The second-order valence-corrected chi connectivity index (χ2v) is 6.10. The van der Waals surface area contributed by atoms with E-state index in [1.165, 1.54) is 13.3 Å². The number of hydrogen-bond acceptors (Lipinski definition) is 4. The molecule has 1 aliphatic heterocycles. The maximum Gasteiger partial charge on any atom is 0.217 e. The van der Waals surface area contributed by atoms with Gasteiger partial charge in [0.05, 0.1) is 23.8 Å². The van der Waals surface area contributed by atoms with Gasteiger partial charge in [0, 0.05) is 31.9 Å². The van der Waals surface area contributed by atoms with E-state index in [9.17, 15) is 4.79 Å². The quantitative estimate of drug-likeness (QED) is 0.886. The number of nitrogens with one attached hydrogen (secondary N) is 2. The fraction of sp³-hybridized carbons (Fsp3) is 0.471. The predicted molar refractivity (Wildman–Crippen MR) is 87.5 cm³/mol. The van der Waals surface area contributed by atoms with E-state index in [1.54, 1.807) is 6.33 Å². The molecule has 6 nitrogen and oxygen atoms in total. The van der Waals surface area contributed by atoms with Crippen molar-refractivity contribution in [2.24, 2.45) is 0 Å². The molecule has 1 saturated heterocycles. The Balaban J connectivity index is 1.67. The lowest BCUT2D eigenvalue weighted by molar-refractivity contribution is -0.119. The van der Waals surface area contributed by atoms with Gasteiger partial charge in [0.15, 0.2) is 0 Å². The summed E-state index contributed by atoms with van der Waals surface area (Å²) in [7, 11) is 0. The number of aromatic amines is 1. The Kier molecular flexibility index (Phi) is 4.71. The molecule has 2 aromatic heterocycles.